The van der Waals surface area contributed by atoms with Crippen LogP contribution in [0.4, 0.5) is 0 Å². The number of rotatable bonds is 14. The van der Waals surface area contributed by atoms with Crippen LogP contribution in [0.1, 0.15) is 59.9 Å². The van der Waals surface area contributed by atoms with Crippen molar-refractivity contribution in [1.29, 1.82) is 0 Å². The third-order valence-electron chi connectivity index (χ3n) is 7.31. The van der Waals surface area contributed by atoms with Crippen molar-refractivity contribution in [2.45, 2.75) is 85.0 Å². The SMILES string of the molecule is CCC(C)C(N)C(=O)NC(C(=O)NC(C(=O)NC(Cc1c[nH]c2ccccc12)C(=O)O)C(C)CC)C(C)C. The van der Waals surface area contributed by atoms with Gasteiger partial charge in [-0.2, -0.15) is 0 Å². The third-order valence-corrected chi connectivity index (χ3v) is 7.31. The number of fused-ring (bicyclic) bond motifs is 1. The summed E-state index contributed by atoms with van der Waals surface area (Å²) in [6, 6.07) is 3.67. The van der Waals surface area contributed by atoms with E-state index in [1.54, 1.807) is 20.0 Å². The molecule has 0 saturated heterocycles. The normalized spacial score (nSPS) is 16.2. The first-order chi connectivity index (χ1) is 17.9. The number of amides is 3. The fraction of sp³-hybridized carbons (Fsp3) is 0.571. The van der Waals surface area contributed by atoms with Crippen LogP contribution in [0.25, 0.3) is 10.9 Å². The number of para-hydroxylation sites is 1. The summed E-state index contributed by atoms with van der Waals surface area (Å²) < 4.78 is 0. The van der Waals surface area contributed by atoms with Crippen molar-refractivity contribution in [3.05, 3.63) is 36.0 Å². The summed E-state index contributed by atoms with van der Waals surface area (Å²) in [6.45, 7) is 11.1. The van der Waals surface area contributed by atoms with E-state index >= 15 is 0 Å². The Hall–Kier alpha value is -3.40. The first-order valence-corrected chi connectivity index (χ1v) is 13.4. The van der Waals surface area contributed by atoms with E-state index in [0.29, 0.717) is 12.8 Å². The van der Waals surface area contributed by atoms with Gasteiger partial charge in [-0.3, -0.25) is 14.4 Å². The van der Waals surface area contributed by atoms with E-state index < -0.39 is 47.9 Å². The molecule has 0 spiro atoms. The molecule has 0 saturated carbocycles. The molecule has 210 valence electrons. The Bertz CT molecular complexity index is 1110. The minimum atomic E-state index is -1.20. The van der Waals surface area contributed by atoms with E-state index in [0.717, 1.165) is 16.5 Å². The van der Waals surface area contributed by atoms with E-state index in [9.17, 15) is 24.3 Å². The summed E-state index contributed by atoms with van der Waals surface area (Å²) in [5.74, 6) is -3.33. The molecule has 2 rings (SSSR count). The minimum Gasteiger partial charge on any atom is -0.480 e. The summed E-state index contributed by atoms with van der Waals surface area (Å²) in [6.07, 6.45) is 3.09. The molecule has 6 unspecified atom stereocenters. The molecule has 10 nitrogen and oxygen atoms in total. The second kappa shape index (κ2) is 13.9. The number of H-pyrrole nitrogens is 1. The Morgan fingerprint density at radius 1 is 0.868 bits per heavy atom. The first kappa shape index (κ1) is 30.8. The molecule has 2 aromatic rings. The maximum absolute atomic E-state index is 13.3. The van der Waals surface area contributed by atoms with Gasteiger partial charge in [-0.1, -0.05) is 72.6 Å². The Labute approximate surface area is 224 Å². The van der Waals surface area contributed by atoms with Gasteiger partial charge in [-0.15, -0.1) is 0 Å². The lowest BCUT2D eigenvalue weighted by Crippen LogP contribution is -2.60. The molecule has 1 aromatic carbocycles. The topological polar surface area (TPSA) is 166 Å². The maximum Gasteiger partial charge on any atom is 0.326 e. The van der Waals surface area contributed by atoms with Gasteiger partial charge in [-0.05, 0) is 29.4 Å². The van der Waals surface area contributed by atoms with Gasteiger partial charge in [-0.25, -0.2) is 4.79 Å². The number of nitrogens with one attached hydrogen (secondary N) is 4. The number of hydrogen-bond donors (Lipinski definition) is 6. The lowest BCUT2D eigenvalue weighted by molar-refractivity contribution is -0.142. The fourth-order valence-corrected chi connectivity index (χ4v) is 4.22. The van der Waals surface area contributed by atoms with Crippen molar-refractivity contribution >= 4 is 34.6 Å². The molecular weight excluding hydrogens is 486 g/mol. The number of aromatic nitrogens is 1. The number of nitrogens with two attached hydrogens (primary N) is 1. The smallest absolute Gasteiger partial charge is 0.326 e. The number of carboxylic acids is 1. The van der Waals surface area contributed by atoms with Crippen LogP contribution in [0.3, 0.4) is 0 Å². The second-order valence-electron chi connectivity index (χ2n) is 10.5. The van der Waals surface area contributed by atoms with E-state index in [1.807, 2.05) is 52.0 Å². The molecule has 0 bridgehead atoms. The van der Waals surface area contributed by atoms with Crippen molar-refractivity contribution in [3.8, 4) is 0 Å². The van der Waals surface area contributed by atoms with Crippen molar-refractivity contribution < 1.29 is 24.3 Å². The van der Waals surface area contributed by atoms with Gasteiger partial charge in [0.25, 0.3) is 0 Å². The van der Waals surface area contributed by atoms with E-state index in [1.165, 1.54) is 0 Å². The van der Waals surface area contributed by atoms with Crippen LogP contribution in [-0.2, 0) is 25.6 Å². The summed E-state index contributed by atoms with van der Waals surface area (Å²) in [7, 11) is 0. The number of carboxylic acid groups (broad SMARTS) is 1. The maximum atomic E-state index is 13.3. The van der Waals surface area contributed by atoms with Gasteiger partial charge >= 0.3 is 5.97 Å². The molecule has 0 aliphatic heterocycles. The lowest BCUT2D eigenvalue weighted by Gasteiger charge is -2.30. The zero-order chi connectivity index (χ0) is 28.6. The number of hydrogen-bond acceptors (Lipinski definition) is 5. The number of aromatic amines is 1. The van der Waals surface area contributed by atoms with Crippen LogP contribution in [0.15, 0.2) is 30.5 Å². The number of carbonyl (C=O) groups excluding carboxylic acids is 3. The number of carbonyl (C=O) groups is 4. The molecule has 0 aliphatic carbocycles. The van der Waals surface area contributed by atoms with Gasteiger partial charge in [0.1, 0.15) is 18.1 Å². The highest BCUT2D eigenvalue weighted by Crippen LogP contribution is 2.19. The predicted octanol–water partition coefficient (Wildman–Crippen LogP) is 2.32. The molecule has 38 heavy (non-hydrogen) atoms. The Morgan fingerprint density at radius 2 is 1.45 bits per heavy atom. The average molecular weight is 530 g/mol. The highest BCUT2D eigenvalue weighted by atomic mass is 16.4. The average Bonchev–Trinajstić information content (AvgIpc) is 3.30. The molecule has 10 heteroatoms. The van der Waals surface area contributed by atoms with Crippen LogP contribution >= 0.6 is 0 Å². The third kappa shape index (κ3) is 7.80. The molecule has 1 heterocycles. The summed E-state index contributed by atoms with van der Waals surface area (Å²) in [4.78, 5) is 54.5. The largest absolute Gasteiger partial charge is 0.480 e. The van der Waals surface area contributed by atoms with Crippen LogP contribution < -0.4 is 21.7 Å². The molecule has 6 atom stereocenters. The Balaban J connectivity index is 2.19. The van der Waals surface area contributed by atoms with Crippen molar-refractivity contribution in [1.82, 2.24) is 20.9 Å². The van der Waals surface area contributed by atoms with Crippen LogP contribution in [0, 0.1) is 17.8 Å². The van der Waals surface area contributed by atoms with Crippen LogP contribution in [0.5, 0.6) is 0 Å². The Kier molecular flexibility index (Phi) is 11.3. The van der Waals surface area contributed by atoms with Crippen molar-refractivity contribution in [2.75, 3.05) is 0 Å². The molecule has 7 N–H and O–H groups in total. The molecule has 0 radical (unpaired) electrons. The molecule has 1 aromatic heterocycles. The molecule has 0 fully saturated rings. The van der Waals surface area contributed by atoms with Gasteiger partial charge in [0.05, 0.1) is 6.04 Å². The summed E-state index contributed by atoms with van der Waals surface area (Å²) in [5, 5.41) is 18.9. The zero-order valence-corrected chi connectivity index (χ0v) is 23.2. The number of benzene rings is 1. The predicted molar refractivity (Wildman–Crippen MR) is 147 cm³/mol. The number of aliphatic carboxylic acids is 1. The molecular formula is C28H43N5O5. The van der Waals surface area contributed by atoms with Crippen LogP contribution in [-0.4, -0.2) is 57.9 Å². The minimum absolute atomic E-state index is 0.0605. The fourth-order valence-electron chi connectivity index (χ4n) is 4.22. The lowest BCUT2D eigenvalue weighted by atomic mass is 9.95. The molecule has 0 aliphatic rings. The van der Waals surface area contributed by atoms with E-state index in [-0.39, 0.29) is 24.2 Å². The van der Waals surface area contributed by atoms with Crippen LogP contribution in [0.2, 0.25) is 0 Å². The van der Waals surface area contributed by atoms with Gasteiger partial charge < -0.3 is 31.8 Å². The van der Waals surface area contributed by atoms with Gasteiger partial charge in [0.15, 0.2) is 0 Å². The first-order valence-electron chi connectivity index (χ1n) is 13.4. The standard InChI is InChI=1S/C28H43N5O5/c1-7-16(5)22(29)25(34)32-23(15(3)4)26(35)33-24(17(6)8-2)27(36)31-21(28(37)38)13-18-14-30-20-12-10-9-11-19(18)20/h9-12,14-17,21-24,30H,7-8,13,29H2,1-6H3,(H,31,36)(H,32,34)(H,33,35)(H,37,38). The summed E-state index contributed by atoms with van der Waals surface area (Å²) in [5.41, 5.74) is 7.68. The van der Waals surface area contributed by atoms with Gasteiger partial charge in [0.2, 0.25) is 17.7 Å². The second-order valence-corrected chi connectivity index (χ2v) is 10.5. The van der Waals surface area contributed by atoms with Crippen molar-refractivity contribution in [3.63, 3.8) is 0 Å². The highest BCUT2D eigenvalue weighted by molar-refractivity contribution is 5.94. The molecule has 3 amide bonds. The quantitative estimate of drug-likeness (QED) is 0.220. The summed E-state index contributed by atoms with van der Waals surface area (Å²) >= 11 is 0. The monoisotopic (exact) mass is 529 g/mol. The zero-order valence-electron chi connectivity index (χ0n) is 23.2. The Morgan fingerprint density at radius 3 is 2.03 bits per heavy atom. The highest BCUT2D eigenvalue weighted by Gasteiger charge is 2.34. The van der Waals surface area contributed by atoms with E-state index in [2.05, 4.69) is 20.9 Å². The van der Waals surface area contributed by atoms with E-state index in [4.69, 9.17) is 5.73 Å². The van der Waals surface area contributed by atoms with Crippen molar-refractivity contribution in [2.24, 2.45) is 23.5 Å². The van der Waals surface area contributed by atoms with Gasteiger partial charge in [0, 0.05) is 23.5 Å².